The smallest absolute Gasteiger partial charge is 0.416 e. The zero-order chi connectivity index (χ0) is 25.0. The molecule has 1 aliphatic heterocycles. The Morgan fingerprint density at radius 3 is 2.49 bits per heavy atom. The highest BCUT2D eigenvalue weighted by Gasteiger charge is 2.32. The van der Waals surface area contributed by atoms with E-state index in [1.807, 2.05) is 37.3 Å². The number of nitrogens with zero attached hydrogens (tertiary/aromatic N) is 1. The van der Waals surface area contributed by atoms with Crippen molar-refractivity contribution >= 4 is 17.5 Å². The number of amides is 2. The molecular formula is C27H25F3N2O3. The Morgan fingerprint density at radius 1 is 1.03 bits per heavy atom. The third-order valence-corrected chi connectivity index (χ3v) is 5.77. The van der Waals surface area contributed by atoms with Crippen molar-refractivity contribution in [2.24, 2.45) is 0 Å². The zero-order valence-electron chi connectivity index (χ0n) is 19.1. The quantitative estimate of drug-likeness (QED) is 0.499. The number of alkyl halides is 3. The monoisotopic (exact) mass is 482 g/mol. The standard InChI is InChI=1S/C27H25F3N2O3/c1-2-23-26(34)32(16-19-9-6-10-21(13-19)27(28,29)30)17-20-15-22(11-12-24(20)35-23)31-25(33)14-18-7-4-3-5-8-18/h3-13,15,23H,2,14,16-17H2,1H3,(H,31,33). The molecule has 8 heteroatoms. The number of benzene rings is 3. The first kappa shape index (κ1) is 24.3. The van der Waals surface area contributed by atoms with Gasteiger partial charge in [-0.1, -0.05) is 49.4 Å². The van der Waals surface area contributed by atoms with Gasteiger partial charge in [-0.3, -0.25) is 9.59 Å². The van der Waals surface area contributed by atoms with Gasteiger partial charge in [0.25, 0.3) is 5.91 Å². The van der Waals surface area contributed by atoms with E-state index >= 15 is 0 Å². The van der Waals surface area contributed by atoms with E-state index in [2.05, 4.69) is 5.32 Å². The molecule has 0 aliphatic carbocycles. The molecule has 1 atom stereocenters. The highest BCUT2D eigenvalue weighted by atomic mass is 19.4. The molecule has 0 fully saturated rings. The molecular weight excluding hydrogens is 457 g/mol. The van der Waals surface area contributed by atoms with E-state index < -0.39 is 17.8 Å². The number of nitrogens with one attached hydrogen (secondary N) is 1. The molecule has 0 aromatic heterocycles. The summed E-state index contributed by atoms with van der Waals surface area (Å²) in [7, 11) is 0. The molecule has 1 aliphatic rings. The van der Waals surface area contributed by atoms with Gasteiger partial charge in [0.15, 0.2) is 6.10 Å². The molecule has 35 heavy (non-hydrogen) atoms. The molecule has 3 aromatic rings. The fourth-order valence-corrected chi connectivity index (χ4v) is 4.03. The number of hydrogen-bond acceptors (Lipinski definition) is 3. The third kappa shape index (κ3) is 6.01. The zero-order valence-corrected chi connectivity index (χ0v) is 19.1. The van der Waals surface area contributed by atoms with Gasteiger partial charge in [-0.25, -0.2) is 0 Å². The molecule has 1 heterocycles. The Hall–Kier alpha value is -3.81. The van der Waals surface area contributed by atoms with Crippen LogP contribution in [0.1, 0.15) is 35.6 Å². The third-order valence-electron chi connectivity index (χ3n) is 5.77. The summed E-state index contributed by atoms with van der Waals surface area (Å²) in [4.78, 5) is 27.1. The molecule has 182 valence electrons. The molecule has 0 radical (unpaired) electrons. The number of fused-ring (bicyclic) bond motifs is 1. The highest BCUT2D eigenvalue weighted by molar-refractivity contribution is 5.92. The van der Waals surface area contributed by atoms with Crippen molar-refractivity contribution in [1.82, 2.24) is 4.90 Å². The minimum absolute atomic E-state index is 0.00659. The van der Waals surface area contributed by atoms with Crippen molar-refractivity contribution in [1.29, 1.82) is 0 Å². The molecule has 4 rings (SSSR count). The van der Waals surface area contributed by atoms with Crippen molar-refractivity contribution in [3.05, 3.63) is 95.1 Å². The van der Waals surface area contributed by atoms with Crippen molar-refractivity contribution in [3.63, 3.8) is 0 Å². The van der Waals surface area contributed by atoms with Crippen LogP contribution in [0.4, 0.5) is 18.9 Å². The number of carbonyl (C=O) groups is 2. The number of ether oxygens (including phenoxy) is 1. The second kappa shape index (κ2) is 10.2. The summed E-state index contributed by atoms with van der Waals surface area (Å²) in [6, 6.07) is 19.5. The number of rotatable bonds is 6. The summed E-state index contributed by atoms with van der Waals surface area (Å²) in [6.07, 6.45) is -4.59. The van der Waals surface area contributed by atoms with Crippen LogP contribution >= 0.6 is 0 Å². The van der Waals surface area contributed by atoms with Crippen LogP contribution < -0.4 is 10.1 Å². The topological polar surface area (TPSA) is 58.6 Å². The summed E-state index contributed by atoms with van der Waals surface area (Å²) < 4.78 is 45.4. The SMILES string of the molecule is CCC1Oc2ccc(NC(=O)Cc3ccccc3)cc2CN(Cc2cccc(C(F)(F)F)c2)C1=O. The van der Waals surface area contributed by atoms with Gasteiger partial charge >= 0.3 is 6.18 Å². The number of carbonyl (C=O) groups excluding carboxylic acids is 2. The minimum Gasteiger partial charge on any atom is -0.480 e. The Morgan fingerprint density at radius 2 is 1.77 bits per heavy atom. The van der Waals surface area contributed by atoms with Crippen molar-refractivity contribution < 1.29 is 27.5 Å². The van der Waals surface area contributed by atoms with Gasteiger partial charge in [-0.05, 0) is 47.9 Å². The predicted octanol–water partition coefficient (Wildman–Crippen LogP) is 5.59. The lowest BCUT2D eigenvalue weighted by atomic mass is 10.1. The second-order valence-corrected chi connectivity index (χ2v) is 8.44. The lowest BCUT2D eigenvalue weighted by Gasteiger charge is -2.23. The predicted molar refractivity (Wildman–Crippen MR) is 126 cm³/mol. The van der Waals surface area contributed by atoms with Gasteiger partial charge in [0.2, 0.25) is 5.91 Å². The van der Waals surface area contributed by atoms with Crippen molar-refractivity contribution in [2.75, 3.05) is 5.32 Å². The van der Waals surface area contributed by atoms with E-state index in [1.165, 1.54) is 11.0 Å². The van der Waals surface area contributed by atoms with Crippen LogP contribution in [0, 0.1) is 0 Å². The van der Waals surface area contributed by atoms with Gasteiger partial charge in [0.05, 0.1) is 12.0 Å². The van der Waals surface area contributed by atoms with Gasteiger partial charge in [0.1, 0.15) is 5.75 Å². The van der Waals surface area contributed by atoms with Crippen LogP contribution in [-0.2, 0) is 35.3 Å². The first-order valence-electron chi connectivity index (χ1n) is 11.3. The number of anilines is 1. The largest absolute Gasteiger partial charge is 0.480 e. The van der Waals surface area contributed by atoms with E-state index in [9.17, 15) is 22.8 Å². The first-order valence-corrected chi connectivity index (χ1v) is 11.3. The average molecular weight is 483 g/mol. The fourth-order valence-electron chi connectivity index (χ4n) is 4.03. The summed E-state index contributed by atoms with van der Waals surface area (Å²) in [5, 5.41) is 2.86. The Kier molecular flexibility index (Phi) is 7.10. The molecule has 0 spiro atoms. The van der Waals surface area contributed by atoms with E-state index in [1.54, 1.807) is 24.3 Å². The fraction of sp³-hybridized carbons (Fsp3) is 0.259. The maximum Gasteiger partial charge on any atom is 0.416 e. The first-order chi connectivity index (χ1) is 16.7. The molecule has 1 unspecified atom stereocenters. The van der Waals surface area contributed by atoms with Crippen LogP contribution in [-0.4, -0.2) is 22.8 Å². The molecule has 5 nitrogen and oxygen atoms in total. The molecule has 1 N–H and O–H groups in total. The normalized spacial score (nSPS) is 15.7. The Balaban J connectivity index is 1.55. The van der Waals surface area contributed by atoms with E-state index in [-0.39, 0.29) is 31.3 Å². The second-order valence-electron chi connectivity index (χ2n) is 8.44. The Bertz CT molecular complexity index is 1210. The van der Waals surface area contributed by atoms with E-state index in [0.717, 1.165) is 17.7 Å². The van der Waals surface area contributed by atoms with Gasteiger partial charge < -0.3 is 15.0 Å². The Labute approximate surface area is 201 Å². The number of hydrogen-bond donors (Lipinski definition) is 1. The lowest BCUT2D eigenvalue weighted by molar-refractivity contribution is -0.139. The van der Waals surface area contributed by atoms with E-state index in [0.29, 0.717) is 29.0 Å². The van der Waals surface area contributed by atoms with Crippen LogP contribution in [0.25, 0.3) is 0 Å². The maximum atomic E-state index is 13.2. The molecule has 0 saturated carbocycles. The highest BCUT2D eigenvalue weighted by Crippen LogP contribution is 2.32. The molecule has 2 amide bonds. The maximum absolute atomic E-state index is 13.2. The van der Waals surface area contributed by atoms with Crippen molar-refractivity contribution in [3.8, 4) is 5.75 Å². The van der Waals surface area contributed by atoms with Crippen molar-refractivity contribution in [2.45, 2.75) is 45.1 Å². The summed E-state index contributed by atoms with van der Waals surface area (Å²) in [5.41, 5.74) is 1.71. The van der Waals surface area contributed by atoms with Gasteiger partial charge in [-0.15, -0.1) is 0 Å². The minimum atomic E-state index is -4.46. The molecule has 0 saturated heterocycles. The van der Waals surface area contributed by atoms with Crippen LogP contribution in [0.5, 0.6) is 5.75 Å². The number of halogens is 3. The summed E-state index contributed by atoms with van der Waals surface area (Å²) in [6.45, 7) is 1.96. The van der Waals surface area contributed by atoms with Crippen LogP contribution in [0.15, 0.2) is 72.8 Å². The lowest BCUT2D eigenvalue weighted by Crippen LogP contribution is -2.38. The van der Waals surface area contributed by atoms with E-state index in [4.69, 9.17) is 4.74 Å². The summed E-state index contributed by atoms with van der Waals surface area (Å²) >= 11 is 0. The van der Waals surface area contributed by atoms with Crippen LogP contribution in [0.2, 0.25) is 0 Å². The van der Waals surface area contributed by atoms with Gasteiger partial charge in [0, 0.05) is 24.3 Å². The average Bonchev–Trinajstić information content (AvgIpc) is 2.95. The van der Waals surface area contributed by atoms with Crippen LogP contribution in [0.3, 0.4) is 0 Å². The molecule has 0 bridgehead atoms. The summed E-state index contributed by atoms with van der Waals surface area (Å²) in [5.74, 6) is 0.0302. The molecule has 3 aromatic carbocycles. The van der Waals surface area contributed by atoms with Gasteiger partial charge in [-0.2, -0.15) is 13.2 Å².